The van der Waals surface area contributed by atoms with E-state index in [0.717, 1.165) is 5.56 Å². The normalized spacial score (nSPS) is 12.2. The van der Waals surface area contributed by atoms with E-state index in [9.17, 15) is 4.79 Å². The average Bonchev–Trinajstić information content (AvgIpc) is 2.18. The van der Waals surface area contributed by atoms with Crippen molar-refractivity contribution in [2.24, 2.45) is 0 Å². The lowest BCUT2D eigenvalue weighted by atomic mass is 10.2. The van der Waals surface area contributed by atoms with E-state index >= 15 is 0 Å². The molecule has 0 aliphatic heterocycles. The molecule has 3 nitrogen and oxygen atoms in total. The van der Waals surface area contributed by atoms with Gasteiger partial charge in [0.05, 0.1) is 6.61 Å². The highest BCUT2D eigenvalue weighted by atomic mass is 79.9. The van der Waals surface area contributed by atoms with Gasteiger partial charge in [-0.25, -0.2) is 0 Å². The van der Waals surface area contributed by atoms with Crippen LogP contribution >= 0.6 is 15.9 Å². The van der Waals surface area contributed by atoms with Crippen molar-refractivity contribution in [3.63, 3.8) is 0 Å². The first-order chi connectivity index (χ1) is 6.25. The Bertz CT molecular complexity index is 276. The monoisotopic (exact) mass is 243 g/mol. The maximum absolute atomic E-state index is 11.3. The summed E-state index contributed by atoms with van der Waals surface area (Å²) in [7, 11) is 0. The third kappa shape index (κ3) is 2.81. The highest BCUT2D eigenvalue weighted by molar-refractivity contribution is 9.09. The van der Waals surface area contributed by atoms with E-state index in [1.165, 1.54) is 0 Å². The van der Waals surface area contributed by atoms with Gasteiger partial charge in [0, 0.05) is 12.4 Å². The standard InChI is InChI=1S/C9H10BrNO2/c1-2-13-9(12)8(10)7-3-5-11-6-4-7/h3-6,8H,2H2,1H3/t8-/m0/s1. The molecule has 0 saturated heterocycles. The number of nitrogens with zero attached hydrogens (tertiary/aromatic N) is 1. The van der Waals surface area contributed by atoms with E-state index in [1.807, 2.05) is 0 Å². The van der Waals surface area contributed by atoms with Crippen LogP contribution in [0.2, 0.25) is 0 Å². The van der Waals surface area contributed by atoms with Crippen LogP contribution in [-0.4, -0.2) is 17.6 Å². The summed E-state index contributed by atoms with van der Waals surface area (Å²) in [4.78, 5) is 14.7. The van der Waals surface area contributed by atoms with Gasteiger partial charge in [-0.05, 0) is 24.6 Å². The molecule has 0 N–H and O–H groups in total. The highest BCUT2D eigenvalue weighted by Crippen LogP contribution is 2.22. The molecule has 0 fully saturated rings. The number of hydrogen-bond donors (Lipinski definition) is 0. The number of carbonyl (C=O) groups is 1. The summed E-state index contributed by atoms with van der Waals surface area (Å²) >= 11 is 3.25. The minimum Gasteiger partial charge on any atom is -0.465 e. The van der Waals surface area contributed by atoms with Crippen molar-refractivity contribution < 1.29 is 9.53 Å². The molecule has 70 valence electrons. The Morgan fingerprint density at radius 1 is 1.62 bits per heavy atom. The molecule has 13 heavy (non-hydrogen) atoms. The molecule has 0 amide bonds. The second-order valence-corrected chi connectivity index (χ2v) is 3.31. The number of ether oxygens (including phenoxy) is 1. The van der Waals surface area contributed by atoms with Gasteiger partial charge in [0.15, 0.2) is 0 Å². The molecule has 1 rings (SSSR count). The van der Waals surface area contributed by atoms with Gasteiger partial charge in [0.1, 0.15) is 4.83 Å². The lowest BCUT2D eigenvalue weighted by Gasteiger charge is -2.07. The number of rotatable bonds is 3. The third-order valence-electron chi connectivity index (χ3n) is 1.49. The van der Waals surface area contributed by atoms with E-state index in [-0.39, 0.29) is 5.97 Å². The van der Waals surface area contributed by atoms with Crippen LogP contribution in [-0.2, 0) is 9.53 Å². The molecule has 0 bridgehead atoms. The topological polar surface area (TPSA) is 39.2 Å². The summed E-state index contributed by atoms with van der Waals surface area (Å²) < 4.78 is 4.85. The predicted molar refractivity (Wildman–Crippen MR) is 52.5 cm³/mol. The van der Waals surface area contributed by atoms with Crippen LogP contribution in [0, 0.1) is 0 Å². The number of esters is 1. The fourth-order valence-corrected chi connectivity index (χ4v) is 1.32. The molecule has 4 heteroatoms. The fraction of sp³-hybridized carbons (Fsp3) is 0.333. The molecule has 1 aromatic heterocycles. The maximum Gasteiger partial charge on any atom is 0.324 e. The number of carbonyl (C=O) groups excluding carboxylic acids is 1. The van der Waals surface area contributed by atoms with Crippen LogP contribution in [0.1, 0.15) is 17.3 Å². The van der Waals surface area contributed by atoms with E-state index < -0.39 is 4.83 Å². The second-order valence-electron chi connectivity index (χ2n) is 2.40. The van der Waals surface area contributed by atoms with Crippen LogP contribution in [0.4, 0.5) is 0 Å². The van der Waals surface area contributed by atoms with Gasteiger partial charge in [-0.1, -0.05) is 15.9 Å². The van der Waals surface area contributed by atoms with Gasteiger partial charge < -0.3 is 4.74 Å². The SMILES string of the molecule is CCOC(=O)[C@@H](Br)c1ccncc1. The molecule has 0 aliphatic rings. The molecule has 1 atom stereocenters. The van der Waals surface area contributed by atoms with Gasteiger partial charge in [0.2, 0.25) is 0 Å². The van der Waals surface area contributed by atoms with Gasteiger partial charge in [-0.2, -0.15) is 0 Å². The fourth-order valence-electron chi connectivity index (χ4n) is 0.884. The van der Waals surface area contributed by atoms with Gasteiger partial charge >= 0.3 is 5.97 Å². The largest absolute Gasteiger partial charge is 0.465 e. The molecule has 1 heterocycles. The van der Waals surface area contributed by atoms with Crippen molar-refractivity contribution >= 4 is 21.9 Å². The summed E-state index contributed by atoms with van der Waals surface area (Å²) in [6.45, 7) is 2.18. The average molecular weight is 244 g/mol. The third-order valence-corrected chi connectivity index (χ3v) is 2.39. The first-order valence-electron chi connectivity index (χ1n) is 3.96. The molecule has 0 aliphatic carbocycles. The van der Waals surface area contributed by atoms with Crippen LogP contribution in [0.25, 0.3) is 0 Å². The molecule has 0 unspecified atom stereocenters. The smallest absolute Gasteiger partial charge is 0.324 e. The first-order valence-corrected chi connectivity index (χ1v) is 4.88. The van der Waals surface area contributed by atoms with E-state index in [4.69, 9.17) is 4.74 Å². The summed E-state index contributed by atoms with van der Waals surface area (Å²) in [5.74, 6) is -0.270. The van der Waals surface area contributed by atoms with Crippen molar-refractivity contribution in [1.82, 2.24) is 4.98 Å². The summed E-state index contributed by atoms with van der Waals surface area (Å²) in [6.07, 6.45) is 3.28. The lowest BCUT2D eigenvalue weighted by Crippen LogP contribution is -2.10. The van der Waals surface area contributed by atoms with Crippen LogP contribution < -0.4 is 0 Å². The van der Waals surface area contributed by atoms with Gasteiger partial charge in [-0.15, -0.1) is 0 Å². The van der Waals surface area contributed by atoms with Crippen LogP contribution in [0.15, 0.2) is 24.5 Å². The second kappa shape index (κ2) is 4.97. The van der Waals surface area contributed by atoms with Crippen LogP contribution in [0.3, 0.4) is 0 Å². The molecule has 0 spiro atoms. The highest BCUT2D eigenvalue weighted by Gasteiger charge is 2.17. The van der Waals surface area contributed by atoms with Crippen molar-refractivity contribution in [2.75, 3.05) is 6.61 Å². The van der Waals surface area contributed by atoms with Crippen LogP contribution in [0.5, 0.6) is 0 Å². The quantitative estimate of drug-likeness (QED) is 0.603. The zero-order valence-corrected chi connectivity index (χ0v) is 8.82. The summed E-state index contributed by atoms with van der Waals surface area (Å²) in [5, 5.41) is 0. The Labute approximate surface area is 85.3 Å². The van der Waals surface area contributed by atoms with E-state index in [0.29, 0.717) is 6.61 Å². The summed E-state index contributed by atoms with van der Waals surface area (Å²) in [5.41, 5.74) is 0.855. The molecule has 0 aromatic carbocycles. The number of aromatic nitrogens is 1. The predicted octanol–water partition coefficient (Wildman–Crippen LogP) is 2.08. The Kier molecular flexibility index (Phi) is 3.89. The molecule has 0 radical (unpaired) electrons. The zero-order valence-electron chi connectivity index (χ0n) is 7.24. The molecule has 0 saturated carbocycles. The molecular formula is C9H10BrNO2. The minimum absolute atomic E-state index is 0.270. The van der Waals surface area contributed by atoms with Crippen molar-refractivity contribution in [3.8, 4) is 0 Å². The Morgan fingerprint density at radius 3 is 2.77 bits per heavy atom. The Hall–Kier alpha value is -0.900. The Balaban J connectivity index is 2.68. The lowest BCUT2D eigenvalue weighted by molar-refractivity contribution is -0.142. The van der Waals surface area contributed by atoms with E-state index in [2.05, 4.69) is 20.9 Å². The number of alkyl halides is 1. The van der Waals surface area contributed by atoms with Crippen molar-refractivity contribution in [2.45, 2.75) is 11.8 Å². The molecule has 1 aromatic rings. The van der Waals surface area contributed by atoms with Gasteiger partial charge in [0.25, 0.3) is 0 Å². The maximum atomic E-state index is 11.3. The molecular weight excluding hydrogens is 234 g/mol. The summed E-state index contributed by atoms with van der Waals surface area (Å²) in [6, 6.07) is 3.55. The van der Waals surface area contributed by atoms with Crippen molar-refractivity contribution in [1.29, 1.82) is 0 Å². The minimum atomic E-state index is -0.393. The zero-order chi connectivity index (χ0) is 9.68. The number of hydrogen-bond acceptors (Lipinski definition) is 3. The number of pyridine rings is 1. The van der Waals surface area contributed by atoms with Crippen molar-refractivity contribution in [3.05, 3.63) is 30.1 Å². The van der Waals surface area contributed by atoms with Gasteiger partial charge in [-0.3, -0.25) is 9.78 Å². The first kappa shape index (κ1) is 10.2. The Morgan fingerprint density at radius 2 is 2.23 bits per heavy atom. The van der Waals surface area contributed by atoms with E-state index in [1.54, 1.807) is 31.5 Å². The number of halogens is 1.